The lowest BCUT2D eigenvalue weighted by atomic mass is 9.84. The quantitative estimate of drug-likeness (QED) is 0.265. The number of fused-ring (bicyclic) bond motifs is 7. The van der Waals surface area contributed by atoms with Crippen molar-refractivity contribution in [1.29, 1.82) is 0 Å². The van der Waals surface area contributed by atoms with Crippen LogP contribution in [-0.4, -0.2) is 17.8 Å². The zero-order valence-corrected chi connectivity index (χ0v) is 24.6. The fourth-order valence-electron chi connectivity index (χ4n) is 7.82. The lowest BCUT2D eigenvalue weighted by Crippen LogP contribution is -2.44. The zero-order valence-electron chi connectivity index (χ0n) is 24.6. The third-order valence-corrected chi connectivity index (χ3v) is 9.65. The maximum absolute atomic E-state index is 6.40. The van der Waals surface area contributed by atoms with Crippen LogP contribution in [0.4, 0.5) is 22.7 Å². The molecular formula is C40H33N3O. The van der Waals surface area contributed by atoms with E-state index in [1.807, 2.05) is 18.2 Å². The standard InChI is InChI=1S/C40H33N3O/c1-40(25-13-14-27(26-40)39-41-32-20-8-12-24-36(32)44-39)43-34-22-10-6-18-30(34)37-29-17-5-9-21-33(29)42(28-15-3-2-4-16-28)38(37)31-19-7-11-23-35(31)43/h2-24,26,29,33,39,41H,25H2,1H3. The highest BCUT2D eigenvalue weighted by Gasteiger charge is 2.46. The zero-order chi connectivity index (χ0) is 29.3. The van der Waals surface area contributed by atoms with Gasteiger partial charge in [-0.25, -0.2) is 0 Å². The van der Waals surface area contributed by atoms with Gasteiger partial charge in [-0.2, -0.15) is 0 Å². The average molecular weight is 572 g/mol. The lowest BCUT2D eigenvalue weighted by molar-refractivity contribution is 0.291. The number of hydrogen-bond donors (Lipinski definition) is 1. The number of rotatable bonds is 3. The van der Waals surface area contributed by atoms with Crippen LogP contribution in [-0.2, 0) is 0 Å². The summed E-state index contributed by atoms with van der Waals surface area (Å²) in [5, 5.41) is 3.59. The predicted molar refractivity (Wildman–Crippen MR) is 181 cm³/mol. The van der Waals surface area contributed by atoms with Gasteiger partial charge in [0.05, 0.1) is 28.7 Å². The van der Waals surface area contributed by atoms with Gasteiger partial charge in [0.2, 0.25) is 0 Å². The van der Waals surface area contributed by atoms with Crippen molar-refractivity contribution in [3.63, 3.8) is 0 Å². The summed E-state index contributed by atoms with van der Waals surface area (Å²) in [7, 11) is 0. The van der Waals surface area contributed by atoms with Crippen LogP contribution in [0.1, 0.15) is 24.5 Å². The molecule has 1 N–H and O–H groups in total. The van der Waals surface area contributed by atoms with Gasteiger partial charge in [0.1, 0.15) is 5.75 Å². The molecule has 4 unspecified atom stereocenters. The second-order valence-corrected chi connectivity index (χ2v) is 12.4. The average Bonchev–Trinajstić information content (AvgIpc) is 3.62. The summed E-state index contributed by atoms with van der Waals surface area (Å²) in [6.45, 7) is 2.36. The minimum absolute atomic E-state index is 0.215. The second kappa shape index (κ2) is 9.65. The number of hydrogen-bond acceptors (Lipinski definition) is 4. The Morgan fingerprint density at radius 1 is 0.773 bits per heavy atom. The fourth-order valence-corrected chi connectivity index (χ4v) is 7.82. The van der Waals surface area contributed by atoms with E-state index < -0.39 is 0 Å². The third kappa shape index (κ3) is 3.70. The van der Waals surface area contributed by atoms with Crippen molar-refractivity contribution >= 4 is 34.0 Å². The maximum atomic E-state index is 6.40. The normalized spacial score (nSPS) is 25.7. The Hall–Kier alpha value is -5.22. The molecule has 0 radical (unpaired) electrons. The Labute approximate surface area is 258 Å². The van der Waals surface area contributed by atoms with E-state index in [-0.39, 0.29) is 23.7 Å². The monoisotopic (exact) mass is 571 g/mol. The van der Waals surface area contributed by atoms with Crippen LogP contribution in [0.3, 0.4) is 0 Å². The molecule has 0 amide bonds. The van der Waals surface area contributed by atoms with E-state index in [4.69, 9.17) is 4.74 Å². The molecule has 3 heterocycles. The summed E-state index contributed by atoms with van der Waals surface area (Å²) < 4.78 is 6.40. The number of ether oxygens (including phenoxy) is 1. The molecular weight excluding hydrogens is 538 g/mol. The summed E-state index contributed by atoms with van der Waals surface area (Å²) in [5.74, 6) is 1.14. The molecule has 4 atom stereocenters. The van der Waals surface area contributed by atoms with Gasteiger partial charge >= 0.3 is 0 Å². The molecule has 0 fully saturated rings. The van der Waals surface area contributed by atoms with E-state index in [2.05, 4.69) is 150 Å². The number of nitrogens with one attached hydrogen (secondary N) is 1. The Morgan fingerprint density at radius 3 is 2.32 bits per heavy atom. The van der Waals surface area contributed by atoms with Crippen LogP contribution in [0, 0.1) is 5.92 Å². The Kier molecular flexibility index (Phi) is 5.55. The van der Waals surface area contributed by atoms with Crippen LogP contribution >= 0.6 is 0 Å². The van der Waals surface area contributed by atoms with Gasteiger partial charge in [-0.15, -0.1) is 0 Å². The van der Waals surface area contributed by atoms with Crippen molar-refractivity contribution in [2.24, 2.45) is 5.92 Å². The molecule has 4 aromatic carbocycles. The lowest BCUT2D eigenvalue weighted by Gasteiger charge is -2.44. The van der Waals surface area contributed by atoms with Crippen LogP contribution in [0.5, 0.6) is 5.75 Å². The molecule has 0 saturated heterocycles. The Balaban J connectivity index is 1.24. The molecule has 0 saturated carbocycles. The summed E-state index contributed by atoms with van der Waals surface area (Å²) in [6.07, 6.45) is 16.8. The summed E-state index contributed by atoms with van der Waals surface area (Å²) >= 11 is 0. The number of anilines is 4. The molecule has 0 spiro atoms. The van der Waals surface area contributed by atoms with Crippen molar-refractivity contribution in [3.05, 3.63) is 162 Å². The smallest absolute Gasteiger partial charge is 0.196 e. The first-order valence-electron chi connectivity index (χ1n) is 15.5. The summed E-state index contributed by atoms with van der Waals surface area (Å²) in [4.78, 5) is 5.15. The molecule has 4 aromatic rings. The third-order valence-electron chi connectivity index (χ3n) is 9.65. The topological polar surface area (TPSA) is 27.7 Å². The summed E-state index contributed by atoms with van der Waals surface area (Å²) in [5.41, 5.74) is 10.7. The van der Waals surface area contributed by atoms with Crippen LogP contribution in [0.25, 0.3) is 11.3 Å². The van der Waals surface area contributed by atoms with Crippen LogP contribution in [0.2, 0.25) is 0 Å². The molecule has 5 aliphatic rings. The fraction of sp³-hybridized carbons (Fsp3) is 0.150. The first-order valence-corrected chi connectivity index (χ1v) is 15.5. The van der Waals surface area contributed by atoms with E-state index in [1.54, 1.807) is 0 Å². The molecule has 3 aliphatic heterocycles. The van der Waals surface area contributed by atoms with E-state index in [0.29, 0.717) is 0 Å². The minimum Gasteiger partial charge on any atom is -0.464 e. The Bertz CT molecular complexity index is 1930. The van der Waals surface area contributed by atoms with E-state index in [9.17, 15) is 0 Å². The van der Waals surface area contributed by atoms with Gasteiger partial charge in [-0.3, -0.25) is 0 Å². The number of allylic oxidation sites excluding steroid dienone is 2. The molecule has 0 aromatic heterocycles. The van der Waals surface area contributed by atoms with Gasteiger partial charge in [-0.05, 0) is 61.4 Å². The SMILES string of the molecule is CC1(N2c3ccccc3C3=C(c4ccccc42)N(c2ccccc2)C2C=CC=CC32)C=C(C2Nc3ccccc3O2)C=CC1. The molecule has 4 nitrogen and oxygen atoms in total. The molecule has 0 bridgehead atoms. The van der Waals surface area contributed by atoms with E-state index >= 15 is 0 Å². The molecule has 4 heteroatoms. The van der Waals surface area contributed by atoms with Crippen molar-refractivity contribution in [2.75, 3.05) is 15.1 Å². The van der Waals surface area contributed by atoms with E-state index in [0.717, 1.165) is 23.4 Å². The van der Waals surface area contributed by atoms with Gasteiger partial charge in [0.15, 0.2) is 6.23 Å². The van der Waals surface area contributed by atoms with Crippen molar-refractivity contribution in [3.8, 4) is 5.75 Å². The van der Waals surface area contributed by atoms with Gasteiger partial charge in [0, 0.05) is 34.0 Å². The van der Waals surface area contributed by atoms with Crippen LogP contribution < -0.4 is 19.9 Å². The predicted octanol–water partition coefficient (Wildman–Crippen LogP) is 9.11. The van der Waals surface area contributed by atoms with Crippen LogP contribution in [0.15, 0.2) is 151 Å². The first kappa shape index (κ1) is 25.3. The van der Waals surface area contributed by atoms with Gasteiger partial charge in [-0.1, -0.05) is 103 Å². The molecule has 214 valence electrons. The summed E-state index contributed by atoms with van der Waals surface area (Å²) in [6, 6.07) is 37.3. The number of para-hydroxylation sites is 5. The highest BCUT2D eigenvalue weighted by atomic mass is 16.5. The number of benzene rings is 4. The van der Waals surface area contributed by atoms with Gasteiger partial charge in [0.25, 0.3) is 0 Å². The maximum Gasteiger partial charge on any atom is 0.196 e. The van der Waals surface area contributed by atoms with Crippen molar-refractivity contribution < 1.29 is 4.74 Å². The molecule has 9 rings (SSSR count). The highest BCUT2D eigenvalue weighted by molar-refractivity contribution is 6.10. The van der Waals surface area contributed by atoms with Gasteiger partial charge < -0.3 is 19.9 Å². The largest absolute Gasteiger partial charge is 0.464 e. The first-order chi connectivity index (χ1) is 21.7. The minimum atomic E-state index is -0.338. The van der Waals surface area contributed by atoms with Crippen molar-refractivity contribution in [2.45, 2.75) is 31.2 Å². The molecule has 44 heavy (non-hydrogen) atoms. The number of nitrogens with zero attached hydrogens (tertiary/aromatic N) is 2. The second-order valence-electron chi connectivity index (χ2n) is 12.4. The van der Waals surface area contributed by atoms with Crippen molar-refractivity contribution in [1.82, 2.24) is 0 Å². The highest BCUT2D eigenvalue weighted by Crippen LogP contribution is 2.57. The van der Waals surface area contributed by atoms with E-state index in [1.165, 1.54) is 39.5 Å². The molecule has 2 aliphatic carbocycles. The Morgan fingerprint density at radius 2 is 1.48 bits per heavy atom.